The van der Waals surface area contributed by atoms with Gasteiger partial charge in [0.2, 0.25) is 23.6 Å². The van der Waals surface area contributed by atoms with Gasteiger partial charge in [-0.05, 0) is 44.9 Å². The number of hydrogen-bond donors (Lipinski definition) is 19. The van der Waals surface area contributed by atoms with Crippen LogP contribution < -0.4 is 31.3 Å². The Labute approximate surface area is 571 Å². The van der Waals surface area contributed by atoms with E-state index in [0.29, 0.717) is 18.6 Å². The molecule has 29 atom stereocenters. The highest BCUT2D eigenvalue weighted by Crippen LogP contribution is 2.35. The molecule has 5 fully saturated rings. The molecule has 36 nitrogen and oxygen atoms in total. The minimum atomic E-state index is -2.08. The van der Waals surface area contributed by atoms with Crippen LogP contribution in [0, 0.1) is 11.8 Å². The lowest BCUT2D eigenvalue weighted by atomic mass is 9.94. The molecule has 6 rings (SSSR count). The zero-order chi connectivity index (χ0) is 72.9. The summed E-state index contributed by atoms with van der Waals surface area (Å²) in [6.45, 7) is 3.64. The van der Waals surface area contributed by atoms with Crippen molar-refractivity contribution >= 4 is 29.5 Å². The number of hydrogen-bond acceptors (Lipinski definition) is 31. The molecule has 0 aromatic heterocycles. The number of ether oxygens (including phenoxy) is 12. The lowest BCUT2D eigenvalue weighted by molar-refractivity contribution is -0.354. The predicted octanol–water partition coefficient (Wildman–Crippen LogP) is -7.29. The monoisotopic (exact) mass is 1420 g/mol. The largest absolute Gasteiger partial charge is 0.494 e. The van der Waals surface area contributed by atoms with Gasteiger partial charge in [-0.2, -0.15) is 0 Å². The number of rotatable bonds is 34. The molecular weight excluding hydrogens is 1320 g/mol. The van der Waals surface area contributed by atoms with E-state index in [1.165, 1.54) is 26.0 Å². The number of amides is 5. The first kappa shape index (κ1) is 82.9. The van der Waals surface area contributed by atoms with Gasteiger partial charge in [0.05, 0.1) is 58.5 Å². The van der Waals surface area contributed by atoms with E-state index in [1.807, 2.05) is 0 Å². The summed E-state index contributed by atoms with van der Waals surface area (Å²) in [5, 5.41) is 167. The highest BCUT2D eigenvalue weighted by molar-refractivity contribution is 5.94. The van der Waals surface area contributed by atoms with Gasteiger partial charge in [-0.1, -0.05) is 32.3 Å². The molecule has 1 aromatic rings. The van der Waals surface area contributed by atoms with Crippen LogP contribution in [0.2, 0.25) is 0 Å². The van der Waals surface area contributed by atoms with Gasteiger partial charge in [-0.15, -0.1) is 11.8 Å². The molecule has 0 aliphatic carbocycles. The SMILES string of the molecule is CCCCCCC#CCCCOc1cccc(C(=O)N[C@@H]2C(O[C@H]3C(O)C(NC(C)=O)[C@H](OC(C)C(CO)O[C@@H](O[C@H]4C(O)C(NC(C)=O)C(OC5C(CO[C@@H]6OC(C)C(O)[C@H](O)[C@H]6O)OC(O)[C@@H](NC(C)=O)[C@H]5O)O[C@H]4CO)[C@H](CO)NC(C)=O)O[C@H]3CO)OC(CO)[C@@H](O)C2O)c1. The van der Waals surface area contributed by atoms with Crippen molar-refractivity contribution in [2.24, 2.45) is 0 Å². The van der Waals surface area contributed by atoms with E-state index in [1.54, 1.807) is 12.1 Å². The minimum Gasteiger partial charge on any atom is -0.494 e. The summed E-state index contributed by atoms with van der Waals surface area (Å²) >= 11 is 0. The topological polar surface area (TPSA) is 539 Å². The molecule has 0 saturated carbocycles. The van der Waals surface area contributed by atoms with Crippen molar-refractivity contribution in [3.05, 3.63) is 29.8 Å². The lowest BCUT2D eigenvalue weighted by Gasteiger charge is -2.49. The van der Waals surface area contributed by atoms with Gasteiger partial charge in [0.1, 0.15) is 134 Å². The number of carbonyl (C=O) groups excluding carboxylic acids is 5. The van der Waals surface area contributed by atoms with Crippen LogP contribution in [0.1, 0.15) is 104 Å². The van der Waals surface area contributed by atoms with Crippen molar-refractivity contribution in [3.8, 4) is 17.6 Å². The van der Waals surface area contributed by atoms with Crippen LogP contribution >= 0.6 is 0 Å². The van der Waals surface area contributed by atoms with Gasteiger partial charge in [-0.3, -0.25) is 24.0 Å². The predicted molar refractivity (Wildman–Crippen MR) is 334 cm³/mol. The quantitative estimate of drug-likeness (QED) is 0.0173. The van der Waals surface area contributed by atoms with Gasteiger partial charge < -0.3 is 155 Å². The number of aliphatic hydroxyl groups excluding tert-OH is 14. The average molecular weight is 1420 g/mol. The van der Waals surface area contributed by atoms with Crippen molar-refractivity contribution < 1.29 is 152 Å². The van der Waals surface area contributed by atoms with Gasteiger partial charge in [0, 0.05) is 46.1 Å². The Morgan fingerprint density at radius 1 is 0.545 bits per heavy atom. The highest BCUT2D eigenvalue weighted by atomic mass is 16.8. The standard InChI is InChI=1S/C63H101N5O31/c1-8-9-10-11-12-13-14-15-16-20-88-35-19-17-18-34(21-35)57(86)68-43-48(80)47(79)38(24-71)94-61(43)98-55-40(26-73)95-60(44(50(55)82)66-32(6)76)90-28(2)37(23-70)93-59(36(22-69)64-30(4)74)97-54-39(25-72)96-62(45(51(54)83)67-33(7)77)99-56-41(92-58(87)42(49(56)81)65-31(5)75)27-89-63-53(85)52(84)46(78)29(3)91-63/h17-19,21,28-29,36-56,58-63,69-73,78-85,87H,8-12,15-16,20,22-27H2,1-7H3,(H,64,74)(H,65,75)(H,66,76)(H,67,77)(H,68,86)/t28?,29?,36-,37?,38?,39-,40-,41?,42-,43-,44?,45?,46?,47+,48?,49+,50?,51?,52-,53+,54+,55+,56?,58?,59-,60+,61?,62?,63+/m0/s1. The molecule has 0 radical (unpaired) electrons. The van der Waals surface area contributed by atoms with Gasteiger partial charge >= 0.3 is 0 Å². The Hall–Kier alpha value is -5.07. The molecule has 5 heterocycles. The Morgan fingerprint density at radius 3 is 1.70 bits per heavy atom. The molecule has 5 aliphatic heterocycles. The van der Waals surface area contributed by atoms with Crippen molar-refractivity contribution in [2.75, 3.05) is 46.2 Å². The van der Waals surface area contributed by atoms with Crippen molar-refractivity contribution in [1.29, 1.82) is 0 Å². The van der Waals surface area contributed by atoms with E-state index in [4.69, 9.17) is 56.8 Å². The maximum absolute atomic E-state index is 13.9. The Morgan fingerprint density at radius 2 is 1.10 bits per heavy atom. The number of benzene rings is 1. The van der Waals surface area contributed by atoms with Crippen molar-refractivity contribution in [1.82, 2.24) is 26.6 Å². The van der Waals surface area contributed by atoms with Crippen LogP contribution in [0.3, 0.4) is 0 Å². The van der Waals surface area contributed by atoms with Gasteiger partial charge in [0.25, 0.3) is 5.91 Å². The third kappa shape index (κ3) is 22.7. The van der Waals surface area contributed by atoms with Gasteiger partial charge in [-0.25, -0.2) is 0 Å². The fraction of sp³-hybridized carbons (Fsp3) is 0.794. The second-order valence-corrected chi connectivity index (χ2v) is 24.9. The summed E-state index contributed by atoms with van der Waals surface area (Å²) in [5.41, 5.74) is 0.0411. The molecule has 5 saturated heterocycles. The molecule has 36 heteroatoms. The maximum Gasteiger partial charge on any atom is 0.251 e. The van der Waals surface area contributed by atoms with Crippen LogP contribution in [0.5, 0.6) is 5.75 Å². The van der Waals surface area contributed by atoms with E-state index >= 15 is 0 Å². The van der Waals surface area contributed by atoms with Gasteiger partial charge in [0.15, 0.2) is 37.7 Å². The fourth-order valence-electron chi connectivity index (χ4n) is 11.8. The minimum absolute atomic E-state index is 0.0411. The smallest absolute Gasteiger partial charge is 0.251 e. The van der Waals surface area contributed by atoms with E-state index in [0.717, 1.165) is 59.8 Å². The summed E-state index contributed by atoms with van der Waals surface area (Å²) in [6.07, 6.45) is -35.7. The number of unbranched alkanes of at least 4 members (excludes halogenated alkanes) is 5. The number of nitrogens with one attached hydrogen (secondary N) is 5. The van der Waals surface area contributed by atoms with E-state index in [9.17, 15) is 95.5 Å². The van der Waals surface area contributed by atoms with Crippen molar-refractivity contribution in [2.45, 2.75) is 271 Å². The summed E-state index contributed by atoms with van der Waals surface area (Å²) in [6, 6.07) is -2.31. The summed E-state index contributed by atoms with van der Waals surface area (Å²) in [5.74, 6) is 2.65. The van der Waals surface area contributed by atoms with E-state index in [2.05, 4.69) is 45.3 Å². The summed E-state index contributed by atoms with van der Waals surface area (Å²) < 4.78 is 72.0. The summed E-state index contributed by atoms with van der Waals surface area (Å²) in [4.78, 5) is 64.7. The fourth-order valence-corrected chi connectivity index (χ4v) is 11.8. The third-order valence-electron chi connectivity index (χ3n) is 17.2. The second kappa shape index (κ2) is 40.1. The molecule has 19 N–H and O–H groups in total. The van der Waals surface area contributed by atoms with Crippen LogP contribution in [-0.4, -0.2) is 325 Å². The average Bonchev–Trinajstić information content (AvgIpc) is 0.782. The molecule has 99 heavy (non-hydrogen) atoms. The Kier molecular flexibility index (Phi) is 33.6. The van der Waals surface area contributed by atoms with E-state index < -0.39 is 247 Å². The lowest BCUT2D eigenvalue weighted by Crippen LogP contribution is -2.70. The Bertz CT molecular complexity index is 2740. The summed E-state index contributed by atoms with van der Waals surface area (Å²) in [7, 11) is 0. The Balaban J connectivity index is 1.20. The zero-order valence-electron chi connectivity index (χ0n) is 56.2. The second-order valence-electron chi connectivity index (χ2n) is 24.9. The maximum atomic E-state index is 13.9. The molecule has 5 aliphatic rings. The highest BCUT2D eigenvalue weighted by Gasteiger charge is 2.56. The van der Waals surface area contributed by atoms with E-state index in [-0.39, 0.29) is 12.2 Å². The molecule has 1 aromatic carbocycles. The first-order chi connectivity index (χ1) is 47.1. The van der Waals surface area contributed by atoms with Crippen LogP contribution in [0.4, 0.5) is 0 Å². The van der Waals surface area contributed by atoms with Crippen LogP contribution in [0.25, 0.3) is 0 Å². The molecule has 564 valence electrons. The normalized spacial score (nSPS) is 36.0. The van der Waals surface area contributed by atoms with Crippen LogP contribution in [0.15, 0.2) is 24.3 Å². The molecular formula is C63H101N5O31. The number of carbonyl (C=O) groups is 5. The zero-order valence-corrected chi connectivity index (χ0v) is 56.2. The van der Waals surface area contributed by atoms with Crippen LogP contribution in [-0.2, 0) is 71.3 Å². The first-order valence-electron chi connectivity index (χ1n) is 33.0. The molecule has 0 bridgehead atoms. The van der Waals surface area contributed by atoms with Crippen molar-refractivity contribution in [3.63, 3.8) is 0 Å². The third-order valence-corrected chi connectivity index (χ3v) is 17.2. The molecule has 0 spiro atoms. The number of aliphatic hydroxyl groups is 14. The molecule has 15 unspecified atom stereocenters. The molecule has 5 amide bonds. The first-order valence-corrected chi connectivity index (χ1v) is 33.0.